The van der Waals surface area contributed by atoms with Crippen molar-refractivity contribution < 1.29 is 9.13 Å². The summed E-state index contributed by atoms with van der Waals surface area (Å²) in [6.45, 7) is 5.52. The number of aryl methyl sites for hydroxylation is 1. The number of nitrogens with zero attached hydrogens (tertiary/aromatic N) is 3. The highest BCUT2D eigenvalue weighted by Gasteiger charge is 2.16. The molecule has 0 saturated carbocycles. The van der Waals surface area contributed by atoms with Gasteiger partial charge in [-0.25, -0.2) is 14.4 Å². The minimum Gasteiger partial charge on any atom is -0.378 e. The largest absolute Gasteiger partial charge is 0.378 e. The molecule has 0 spiro atoms. The van der Waals surface area contributed by atoms with Gasteiger partial charge in [0.15, 0.2) is 11.6 Å². The molecule has 1 aliphatic rings. The van der Waals surface area contributed by atoms with Crippen molar-refractivity contribution in [2.45, 2.75) is 19.9 Å². The molecule has 0 bridgehead atoms. The van der Waals surface area contributed by atoms with Crippen molar-refractivity contribution in [1.82, 2.24) is 9.97 Å². The van der Waals surface area contributed by atoms with Gasteiger partial charge in [-0.05, 0) is 24.1 Å². The average molecular weight is 395 g/mol. The lowest BCUT2D eigenvalue weighted by Gasteiger charge is -2.31. The number of hydrogen-bond donors (Lipinski definition) is 1. The maximum absolute atomic E-state index is 14.3. The SMILES string of the molecule is CCc1ncnc(NCc2ccc(Br)cc2N2CCOCC2)c1F. The van der Waals surface area contributed by atoms with Gasteiger partial charge < -0.3 is 15.0 Å². The number of rotatable bonds is 5. The summed E-state index contributed by atoms with van der Waals surface area (Å²) in [6, 6.07) is 6.13. The van der Waals surface area contributed by atoms with Crippen LogP contribution in [0.4, 0.5) is 15.9 Å². The standard InChI is InChI=1S/C17H20BrFN4O/c1-2-14-16(19)17(22-11-21-14)20-10-12-3-4-13(18)9-15(12)23-5-7-24-8-6-23/h3-4,9,11H,2,5-8,10H2,1H3,(H,20,21,22). The fraction of sp³-hybridized carbons (Fsp3) is 0.412. The van der Waals surface area contributed by atoms with Crippen molar-refractivity contribution in [3.05, 3.63) is 46.1 Å². The van der Waals surface area contributed by atoms with Crippen molar-refractivity contribution in [2.24, 2.45) is 0 Å². The molecule has 1 fully saturated rings. The molecule has 128 valence electrons. The van der Waals surface area contributed by atoms with Crippen LogP contribution in [0.1, 0.15) is 18.2 Å². The number of benzene rings is 1. The normalized spacial score (nSPS) is 14.7. The Morgan fingerprint density at radius 1 is 1.29 bits per heavy atom. The zero-order chi connectivity index (χ0) is 16.9. The summed E-state index contributed by atoms with van der Waals surface area (Å²) < 4.78 is 20.7. The second-order valence-electron chi connectivity index (χ2n) is 5.56. The number of morpholine rings is 1. The summed E-state index contributed by atoms with van der Waals surface area (Å²) in [7, 11) is 0. The molecule has 0 amide bonds. The first-order chi connectivity index (χ1) is 11.7. The first-order valence-corrected chi connectivity index (χ1v) is 8.82. The van der Waals surface area contributed by atoms with Crippen molar-refractivity contribution >= 4 is 27.4 Å². The lowest BCUT2D eigenvalue weighted by atomic mass is 10.1. The molecule has 0 aliphatic carbocycles. The Morgan fingerprint density at radius 2 is 2.08 bits per heavy atom. The molecule has 7 heteroatoms. The zero-order valence-electron chi connectivity index (χ0n) is 13.6. The van der Waals surface area contributed by atoms with Gasteiger partial charge in [-0.15, -0.1) is 0 Å². The van der Waals surface area contributed by atoms with Crippen LogP contribution in [0.15, 0.2) is 29.0 Å². The van der Waals surface area contributed by atoms with E-state index in [1.165, 1.54) is 6.33 Å². The molecule has 1 saturated heterocycles. The highest BCUT2D eigenvalue weighted by molar-refractivity contribution is 9.10. The number of ether oxygens (including phenoxy) is 1. The van der Waals surface area contributed by atoms with Crippen molar-refractivity contribution in [3.8, 4) is 0 Å². The first-order valence-electron chi connectivity index (χ1n) is 8.03. The third kappa shape index (κ3) is 3.84. The smallest absolute Gasteiger partial charge is 0.186 e. The number of anilines is 2. The number of nitrogens with one attached hydrogen (secondary N) is 1. The Hall–Kier alpha value is -1.73. The van der Waals surface area contributed by atoms with E-state index in [0.717, 1.165) is 42.0 Å². The van der Waals surface area contributed by atoms with Crippen LogP contribution in [0.5, 0.6) is 0 Å². The maximum atomic E-state index is 14.3. The van der Waals surface area contributed by atoms with E-state index in [4.69, 9.17) is 4.74 Å². The van der Waals surface area contributed by atoms with Crippen molar-refractivity contribution in [1.29, 1.82) is 0 Å². The average Bonchev–Trinajstić information content (AvgIpc) is 2.62. The van der Waals surface area contributed by atoms with Crippen LogP contribution in [0.25, 0.3) is 0 Å². The third-order valence-electron chi connectivity index (χ3n) is 4.04. The van der Waals surface area contributed by atoms with Crippen LogP contribution >= 0.6 is 15.9 Å². The maximum Gasteiger partial charge on any atom is 0.186 e. The fourth-order valence-electron chi connectivity index (χ4n) is 2.74. The zero-order valence-corrected chi connectivity index (χ0v) is 15.1. The minimum atomic E-state index is -0.370. The van der Waals surface area contributed by atoms with Gasteiger partial charge >= 0.3 is 0 Å². The van der Waals surface area contributed by atoms with E-state index in [0.29, 0.717) is 18.7 Å². The molecule has 5 nitrogen and oxygen atoms in total. The van der Waals surface area contributed by atoms with Gasteiger partial charge in [-0.2, -0.15) is 0 Å². The molecular formula is C17H20BrFN4O. The van der Waals surface area contributed by atoms with E-state index in [2.05, 4.69) is 42.2 Å². The van der Waals surface area contributed by atoms with Gasteiger partial charge in [0.2, 0.25) is 0 Å². The van der Waals surface area contributed by atoms with Crippen molar-refractivity contribution in [2.75, 3.05) is 36.5 Å². The molecule has 1 N–H and O–H groups in total. The van der Waals surface area contributed by atoms with E-state index in [9.17, 15) is 4.39 Å². The Balaban J connectivity index is 1.80. The summed E-state index contributed by atoms with van der Waals surface area (Å²) >= 11 is 3.53. The number of halogens is 2. The Kier molecular flexibility index (Phi) is 5.63. The van der Waals surface area contributed by atoms with Crippen LogP contribution in [0, 0.1) is 5.82 Å². The summed E-state index contributed by atoms with van der Waals surface area (Å²) in [5, 5.41) is 3.10. The summed E-state index contributed by atoms with van der Waals surface area (Å²) in [6.07, 6.45) is 1.94. The number of aromatic nitrogens is 2. The molecule has 24 heavy (non-hydrogen) atoms. The molecule has 1 aliphatic heterocycles. The van der Waals surface area contributed by atoms with Crippen LogP contribution in [-0.4, -0.2) is 36.3 Å². The Morgan fingerprint density at radius 3 is 2.83 bits per heavy atom. The van der Waals surface area contributed by atoms with E-state index in [1.807, 2.05) is 19.1 Å². The highest BCUT2D eigenvalue weighted by atomic mass is 79.9. The summed E-state index contributed by atoms with van der Waals surface area (Å²) in [5.74, 6) is -0.122. The fourth-order valence-corrected chi connectivity index (χ4v) is 3.09. The molecule has 1 aromatic heterocycles. The molecular weight excluding hydrogens is 375 g/mol. The van der Waals surface area contributed by atoms with Gasteiger partial charge in [0.05, 0.1) is 18.9 Å². The Bertz CT molecular complexity index is 707. The molecule has 2 aromatic rings. The molecule has 0 atom stereocenters. The monoisotopic (exact) mass is 394 g/mol. The van der Waals surface area contributed by atoms with Gasteiger partial charge in [0.25, 0.3) is 0 Å². The minimum absolute atomic E-state index is 0.248. The lowest BCUT2D eigenvalue weighted by Crippen LogP contribution is -2.37. The van der Waals surface area contributed by atoms with E-state index in [1.54, 1.807) is 0 Å². The van der Waals surface area contributed by atoms with Gasteiger partial charge in [0.1, 0.15) is 6.33 Å². The summed E-state index contributed by atoms with van der Waals surface area (Å²) in [5.41, 5.74) is 2.65. The second kappa shape index (κ2) is 7.90. The molecule has 3 rings (SSSR count). The molecule has 0 radical (unpaired) electrons. The third-order valence-corrected chi connectivity index (χ3v) is 4.54. The quantitative estimate of drug-likeness (QED) is 0.841. The predicted octanol–water partition coefficient (Wildman–Crippen LogP) is 3.39. The van der Waals surface area contributed by atoms with E-state index in [-0.39, 0.29) is 11.6 Å². The second-order valence-corrected chi connectivity index (χ2v) is 6.48. The molecule has 2 heterocycles. The van der Waals surface area contributed by atoms with E-state index >= 15 is 0 Å². The first kappa shape index (κ1) is 17.1. The van der Waals surface area contributed by atoms with E-state index < -0.39 is 0 Å². The van der Waals surface area contributed by atoms with Crippen molar-refractivity contribution in [3.63, 3.8) is 0 Å². The van der Waals surface area contributed by atoms with Crippen LogP contribution in [-0.2, 0) is 17.7 Å². The summed E-state index contributed by atoms with van der Waals surface area (Å²) in [4.78, 5) is 10.3. The van der Waals surface area contributed by atoms with Crippen LogP contribution in [0.3, 0.4) is 0 Å². The van der Waals surface area contributed by atoms with Gasteiger partial charge in [-0.1, -0.05) is 28.9 Å². The lowest BCUT2D eigenvalue weighted by molar-refractivity contribution is 0.122. The predicted molar refractivity (Wildman–Crippen MR) is 95.9 cm³/mol. The van der Waals surface area contributed by atoms with Gasteiger partial charge in [-0.3, -0.25) is 0 Å². The van der Waals surface area contributed by atoms with Gasteiger partial charge in [0, 0.05) is 29.8 Å². The number of hydrogen-bond acceptors (Lipinski definition) is 5. The molecule has 0 unspecified atom stereocenters. The molecule has 1 aromatic carbocycles. The topological polar surface area (TPSA) is 50.3 Å². The van der Waals surface area contributed by atoms with Crippen LogP contribution < -0.4 is 10.2 Å². The highest BCUT2D eigenvalue weighted by Crippen LogP contribution is 2.27. The Labute approximate surface area is 149 Å². The van der Waals surface area contributed by atoms with Crippen LogP contribution in [0.2, 0.25) is 0 Å².